The minimum Gasteiger partial charge on any atom is -0.492 e. The maximum Gasteiger partial charge on any atom is 0.311 e. The minimum absolute atomic E-state index is 0.0960. The number of ether oxygens (including phenoxy) is 2. The van der Waals surface area contributed by atoms with Crippen LogP contribution in [0.2, 0.25) is 0 Å². The third kappa shape index (κ3) is 3.69. The van der Waals surface area contributed by atoms with Crippen molar-refractivity contribution in [3.8, 4) is 5.75 Å². The fourth-order valence-electron chi connectivity index (χ4n) is 2.41. The van der Waals surface area contributed by atoms with E-state index in [4.69, 9.17) is 4.74 Å². The van der Waals surface area contributed by atoms with Crippen LogP contribution in [0.3, 0.4) is 0 Å². The highest BCUT2D eigenvalue weighted by atomic mass is 19.1. The molecule has 0 amide bonds. The van der Waals surface area contributed by atoms with Crippen molar-refractivity contribution in [2.24, 2.45) is 10.2 Å². The molecule has 0 fully saturated rings. The van der Waals surface area contributed by atoms with Crippen LogP contribution in [0.1, 0.15) is 12.6 Å². The Hall–Kier alpha value is -3.29. The van der Waals surface area contributed by atoms with Crippen LogP contribution in [0.15, 0.2) is 52.8 Å². The number of carbonyl (C=O) groups excluding carboxylic acids is 1. The number of esters is 1. The Bertz CT molecular complexity index is 968. The molecule has 0 saturated carbocycles. The van der Waals surface area contributed by atoms with Gasteiger partial charge in [-0.2, -0.15) is 0 Å². The maximum absolute atomic E-state index is 13.6. The SMILES string of the molecule is CCOc1ccccc1N=Nc1c(CC(=O)OC)nc2ccc(F)cn12. The molecule has 134 valence electrons. The van der Waals surface area contributed by atoms with Gasteiger partial charge < -0.3 is 9.47 Å². The molecule has 7 nitrogen and oxygen atoms in total. The number of halogens is 1. The van der Waals surface area contributed by atoms with E-state index in [9.17, 15) is 9.18 Å². The number of para-hydroxylation sites is 1. The Labute approximate surface area is 149 Å². The van der Waals surface area contributed by atoms with Gasteiger partial charge in [0.15, 0.2) is 5.82 Å². The van der Waals surface area contributed by atoms with E-state index in [-0.39, 0.29) is 12.2 Å². The summed E-state index contributed by atoms with van der Waals surface area (Å²) in [5, 5.41) is 8.41. The van der Waals surface area contributed by atoms with Gasteiger partial charge in [0.1, 0.15) is 22.9 Å². The van der Waals surface area contributed by atoms with Crippen LogP contribution in [0.4, 0.5) is 15.9 Å². The van der Waals surface area contributed by atoms with Crippen molar-refractivity contribution >= 4 is 23.1 Å². The van der Waals surface area contributed by atoms with E-state index in [1.165, 1.54) is 29.8 Å². The van der Waals surface area contributed by atoms with E-state index in [2.05, 4.69) is 19.9 Å². The van der Waals surface area contributed by atoms with Gasteiger partial charge in [0.05, 0.1) is 25.8 Å². The molecule has 26 heavy (non-hydrogen) atoms. The Kier molecular flexibility index (Phi) is 5.21. The number of hydrogen-bond donors (Lipinski definition) is 0. The first-order valence-electron chi connectivity index (χ1n) is 7.99. The molecule has 3 rings (SSSR count). The van der Waals surface area contributed by atoms with Crippen LogP contribution < -0.4 is 4.74 Å². The van der Waals surface area contributed by atoms with Crippen molar-refractivity contribution in [1.29, 1.82) is 0 Å². The number of carbonyl (C=O) groups is 1. The molecule has 0 unspecified atom stereocenters. The van der Waals surface area contributed by atoms with Crippen molar-refractivity contribution < 1.29 is 18.7 Å². The molecular weight excluding hydrogens is 339 g/mol. The molecule has 3 aromatic rings. The summed E-state index contributed by atoms with van der Waals surface area (Å²) in [6.45, 7) is 2.36. The van der Waals surface area contributed by atoms with Gasteiger partial charge in [-0.3, -0.25) is 9.20 Å². The number of methoxy groups -OCH3 is 1. The predicted octanol–water partition coefficient (Wildman–Crippen LogP) is 4.00. The average molecular weight is 356 g/mol. The monoisotopic (exact) mass is 356 g/mol. The van der Waals surface area contributed by atoms with Crippen LogP contribution in [-0.4, -0.2) is 29.1 Å². The summed E-state index contributed by atoms with van der Waals surface area (Å²) >= 11 is 0. The fraction of sp³-hybridized carbons (Fsp3) is 0.222. The lowest BCUT2D eigenvalue weighted by Crippen LogP contribution is -2.04. The van der Waals surface area contributed by atoms with Crippen molar-refractivity contribution in [3.05, 3.63) is 54.1 Å². The van der Waals surface area contributed by atoms with Gasteiger partial charge in [0.2, 0.25) is 0 Å². The van der Waals surface area contributed by atoms with Crippen LogP contribution in [0, 0.1) is 5.82 Å². The molecule has 8 heteroatoms. The van der Waals surface area contributed by atoms with Crippen molar-refractivity contribution in [2.45, 2.75) is 13.3 Å². The quantitative estimate of drug-likeness (QED) is 0.494. The number of aromatic nitrogens is 2. The zero-order valence-electron chi connectivity index (χ0n) is 14.3. The molecule has 0 spiro atoms. The molecule has 0 N–H and O–H groups in total. The van der Waals surface area contributed by atoms with Crippen LogP contribution in [-0.2, 0) is 16.0 Å². The van der Waals surface area contributed by atoms with E-state index < -0.39 is 11.8 Å². The topological polar surface area (TPSA) is 77.5 Å². The highest BCUT2D eigenvalue weighted by molar-refractivity contribution is 5.74. The highest BCUT2D eigenvalue weighted by Gasteiger charge is 2.16. The van der Waals surface area contributed by atoms with Crippen LogP contribution in [0.5, 0.6) is 5.75 Å². The zero-order chi connectivity index (χ0) is 18.5. The molecule has 0 atom stereocenters. The maximum atomic E-state index is 13.6. The summed E-state index contributed by atoms with van der Waals surface area (Å²) in [6.07, 6.45) is 1.15. The van der Waals surface area contributed by atoms with E-state index in [0.717, 1.165) is 0 Å². The molecule has 0 radical (unpaired) electrons. The van der Waals surface area contributed by atoms with Crippen molar-refractivity contribution in [2.75, 3.05) is 13.7 Å². The summed E-state index contributed by atoms with van der Waals surface area (Å²) in [4.78, 5) is 16.0. The average Bonchev–Trinajstić information content (AvgIpc) is 2.97. The molecule has 2 aromatic heterocycles. The van der Waals surface area contributed by atoms with Gasteiger partial charge in [-0.05, 0) is 31.2 Å². The van der Waals surface area contributed by atoms with E-state index in [1.54, 1.807) is 18.2 Å². The first-order chi connectivity index (χ1) is 12.6. The number of imidazole rings is 1. The molecule has 0 aliphatic rings. The van der Waals surface area contributed by atoms with E-state index >= 15 is 0 Å². The van der Waals surface area contributed by atoms with Gasteiger partial charge in [-0.1, -0.05) is 12.1 Å². The van der Waals surface area contributed by atoms with Crippen molar-refractivity contribution in [3.63, 3.8) is 0 Å². The van der Waals surface area contributed by atoms with Gasteiger partial charge >= 0.3 is 5.97 Å². The number of azo groups is 1. The number of fused-ring (bicyclic) bond motifs is 1. The molecular formula is C18H17FN4O3. The molecule has 0 saturated heterocycles. The summed E-state index contributed by atoms with van der Waals surface area (Å²) in [6, 6.07) is 9.95. The summed E-state index contributed by atoms with van der Waals surface area (Å²) in [7, 11) is 1.29. The number of pyridine rings is 1. The molecule has 1 aromatic carbocycles. The summed E-state index contributed by atoms with van der Waals surface area (Å²) < 4.78 is 25.3. The number of hydrogen-bond acceptors (Lipinski definition) is 6. The predicted molar refractivity (Wildman–Crippen MR) is 92.7 cm³/mol. The summed E-state index contributed by atoms with van der Waals surface area (Å²) in [5.74, 6) is -0.0878. The molecule has 0 aliphatic carbocycles. The van der Waals surface area contributed by atoms with Crippen molar-refractivity contribution in [1.82, 2.24) is 9.38 Å². The first-order valence-corrected chi connectivity index (χ1v) is 7.99. The molecule has 0 aliphatic heterocycles. The first kappa shape index (κ1) is 17.5. The standard InChI is InChI=1S/C18H17FN4O3/c1-3-26-15-7-5-4-6-13(15)21-22-18-14(10-17(24)25-2)20-16-9-8-12(19)11-23(16)18/h4-9,11H,3,10H2,1-2H3. The lowest BCUT2D eigenvalue weighted by Gasteiger charge is -2.05. The van der Waals surface area contributed by atoms with E-state index in [1.807, 2.05) is 13.0 Å². The summed E-state index contributed by atoms with van der Waals surface area (Å²) in [5.41, 5.74) is 1.32. The molecule has 0 bridgehead atoms. The molecule has 2 heterocycles. The second-order valence-corrected chi connectivity index (χ2v) is 5.31. The largest absolute Gasteiger partial charge is 0.492 e. The Morgan fingerprint density at radius 1 is 1.23 bits per heavy atom. The van der Waals surface area contributed by atoms with Gasteiger partial charge in [-0.15, -0.1) is 10.2 Å². The highest BCUT2D eigenvalue weighted by Crippen LogP contribution is 2.30. The third-order valence-electron chi connectivity index (χ3n) is 3.58. The van der Waals surface area contributed by atoms with E-state index in [0.29, 0.717) is 29.4 Å². The Balaban J connectivity index is 2.06. The lowest BCUT2D eigenvalue weighted by molar-refractivity contribution is -0.139. The lowest BCUT2D eigenvalue weighted by atomic mass is 10.3. The third-order valence-corrected chi connectivity index (χ3v) is 3.58. The zero-order valence-corrected chi connectivity index (χ0v) is 14.3. The number of benzene rings is 1. The normalized spacial score (nSPS) is 11.2. The fourth-order valence-corrected chi connectivity index (χ4v) is 2.41. The smallest absolute Gasteiger partial charge is 0.311 e. The number of rotatable bonds is 6. The second-order valence-electron chi connectivity index (χ2n) is 5.31. The number of nitrogens with zero attached hydrogens (tertiary/aromatic N) is 4. The van der Waals surface area contributed by atoms with Gasteiger partial charge in [0.25, 0.3) is 0 Å². The Morgan fingerprint density at radius 3 is 2.81 bits per heavy atom. The van der Waals surface area contributed by atoms with Crippen LogP contribution >= 0.6 is 0 Å². The second kappa shape index (κ2) is 7.73. The van der Waals surface area contributed by atoms with Crippen LogP contribution in [0.25, 0.3) is 5.65 Å². The van der Waals surface area contributed by atoms with Gasteiger partial charge in [-0.25, -0.2) is 9.37 Å². The minimum atomic E-state index is -0.472. The van der Waals surface area contributed by atoms with Gasteiger partial charge in [0, 0.05) is 6.20 Å². The Morgan fingerprint density at radius 2 is 2.04 bits per heavy atom.